The van der Waals surface area contributed by atoms with Crippen molar-refractivity contribution in [3.05, 3.63) is 24.0 Å². The number of anilines is 1. The molecule has 2 amide bonds. The van der Waals surface area contributed by atoms with Crippen molar-refractivity contribution >= 4 is 17.5 Å². The molecule has 0 atom stereocenters. The Kier molecular flexibility index (Phi) is 5.57. The highest BCUT2D eigenvalue weighted by atomic mass is 19.4. The van der Waals surface area contributed by atoms with Gasteiger partial charge in [0.2, 0.25) is 11.8 Å². The third-order valence-electron chi connectivity index (χ3n) is 4.77. The fourth-order valence-corrected chi connectivity index (χ4v) is 3.21. The average molecular weight is 388 g/mol. The molecule has 2 fully saturated rings. The topological polar surface area (TPSA) is 58.6 Å². The zero-order valence-electron chi connectivity index (χ0n) is 14.5. The number of rotatable bonds is 5. The lowest BCUT2D eigenvalue weighted by molar-refractivity contribution is -0.275. The van der Waals surface area contributed by atoms with E-state index >= 15 is 0 Å². The van der Waals surface area contributed by atoms with Crippen LogP contribution in [0.4, 0.5) is 23.2 Å². The molecule has 148 valence electrons. The summed E-state index contributed by atoms with van der Waals surface area (Å²) < 4.78 is 53.6. The molecule has 1 saturated heterocycles. The molecule has 1 N–H and O–H groups in total. The number of alkyl halides is 3. The average Bonchev–Trinajstić information content (AvgIpc) is 3.41. The molecule has 5 nitrogen and oxygen atoms in total. The van der Waals surface area contributed by atoms with Gasteiger partial charge in [0.25, 0.3) is 0 Å². The van der Waals surface area contributed by atoms with E-state index in [1.54, 1.807) is 0 Å². The molecule has 9 heteroatoms. The van der Waals surface area contributed by atoms with Gasteiger partial charge in [-0.3, -0.25) is 9.59 Å². The number of carbonyl (C=O) groups excluding carboxylic acids is 2. The van der Waals surface area contributed by atoms with Crippen LogP contribution in [0, 0.1) is 17.7 Å². The predicted octanol–water partition coefficient (Wildman–Crippen LogP) is 3.70. The van der Waals surface area contributed by atoms with Crippen LogP contribution in [0.25, 0.3) is 0 Å². The zero-order chi connectivity index (χ0) is 19.6. The number of piperidine rings is 1. The highest BCUT2D eigenvalue weighted by Gasteiger charge is 2.35. The van der Waals surface area contributed by atoms with E-state index < -0.39 is 17.9 Å². The number of nitrogens with one attached hydrogen (secondary N) is 1. The molecule has 0 aromatic heterocycles. The van der Waals surface area contributed by atoms with Gasteiger partial charge in [0.15, 0.2) is 11.6 Å². The number of hydrogen-bond donors (Lipinski definition) is 1. The molecule has 0 bridgehead atoms. The summed E-state index contributed by atoms with van der Waals surface area (Å²) in [4.78, 5) is 26.0. The van der Waals surface area contributed by atoms with Crippen molar-refractivity contribution in [1.82, 2.24) is 4.90 Å². The smallest absolute Gasteiger partial charge is 0.403 e. The normalized spacial score (nSPS) is 18.3. The number of carbonyl (C=O) groups is 2. The van der Waals surface area contributed by atoms with Crippen LogP contribution in [0.2, 0.25) is 0 Å². The molecule has 0 unspecified atom stereocenters. The lowest BCUT2D eigenvalue weighted by Gasteiger charge is -2.32. The van der Waals surface area contributed by atoms with E-state index in [1.807, 2.05) is 4.90 Å². The second-order valence-electron chi connectivity index (χ2n) is 6.99. The van der Waals surface area contributed by atoms with Crippen molar-refractivity contribution in [3.63, 3.8) is 0 Å². The molecule has 1 saturated carbocycles. The van der Waals surface area contributed by atoms with Gasteiger partial charge in [-0.05, 0) is 43.7 Å². The number of hydrogen-bond acceptors (Lipinski definition) is 3. The molecule has 1 aromatic rings. The first-order valence-corrected chi connectivity index (χ1v) is 8.85. The first-order valence-electron chi connectivity index (χ1n) is 8.85. The van der Waals surface area contributed by atoms with E-state index in [0.29, 0.717) is 13.1 Å². The van der Waals surface area contributed by atoms with Gasteiger partial charge in [0, 0.05) is 37.2 Å². The molecular weight excluding hydrogens is 368 g/mol. The van der Waals surface area contributed by atoms with Crippen LogP contribution in [-0.4, -0.2) is 36.2 Å². The Morgan fingerprint density at radius 1 is 1.15 bits per heavy atom. The lowest BCUT2D eigenvalue weighted by Crippen LogP contribution is -2.40. The summed E-state index contributed by atoms with van der Waals surface area (Å²) in [7, 11) is 0. The monoisotopic (exact) mass is 388 g/mol. The van der Waals surface area contributed by atoms with Crippen LogP contribution in [0.3, 0.4) is 0 Å². The Morgan fingerprint density at radius 3 is 2.37 bits per heavy atom. The molecular formula is C18H20F4N2O3. The summed E-state index contributed by atoms with van der Waals surface area (Å²) in [6.45, 7) is 1.26. The van der Waals surface area contributed by atoms with Gasteiger partial charge in [-0.2, -0.15) is 0 Å². The number of amides is 2. The van der Waals surface area contributed by atoms with Crippen LogP contribution in [0.1, 0.15) is 32.1 Å². The summed E-state index contributed by atoms with van der Waals surface area (Å²) >= 11 is 0. The lowest BCUT2D eigenvalue weighted by atomic mass is 9.93. The maximum absolute atomic E-state index is 13.7. The molecule has 1 aliphatic carbocycles. The first-order chi connectivity index (χ1) is 12.7. The molecule has 1 heterocycles. The largest absolute Gasteiger partial charge is 0.573 e. The second kappa shape index (κ2) is 7.74. The van der Waals surface area contributed by atoms with Gasteiger partial charge < -0.3 is 15.0 Å². The first kappa shape index (κ1) is 19.4. The molecule has 27 heavy (non-hydrogen) atoms. The zero-order valence-corrected chi connectivity index (χ0v) is 14.5. The number of likely N-dealkylation sites (tertiary alicyclic amines) is 1. The number of halogens is 4. The van der Waals surface area contributed by atoms with Gasteiger partial charge in [-0.25, -0.2) is 4.39 Å². The summed E-state index contributed by atoms with van der Waals surface area (Å²) in [6.07, 6.45) is -1.40. The Balaban J connectivity index is 1.47. The molecule has 0 radical (unpaired) electrons. The van der Waals surface area contributed by atoms with Gasteiger partial charge >= 0.3 is 6.36 Å². The standard InChI is InChI=1S/C18H20F4N2O3/c19-14-10-13(3-4-15(14)27-18(20,21)22)23-16(25)9-11-5-7-24(8-6-11)17(26)12-1-2-12/h3-4,10-12H,1-2,5-9H2,(H,23,25). The number of ether oxygens (including phenoxy) is 1. The van der Waals surface area contributed by atoms with Crippen LogP contribution in [0.15, 0.2) is 18.2 Å². The molecule has 1 aromatic carbocycles. The summed E-state index contributed by atoms with van der Waals surface area (Å²) in [5, 5.41) is 2.49. The minimum absolute atomic E-state index is 0.0633. The Bertz CT molecular complexity index is 711. The fourth-order valence-electron chi connectivity index (χ4n) is 3.21. The Hall–Kier alpha value is -2.32. The summed E-state index contributed by atoms with van der Waals surface area (Å²) in [5.41, 5.74) is 0.0633. The molecule has 2 aliphatic rings. The van der Waals surface area contributed by atoms with Gasteiger partial charge in [0.1, 0.15) is 0 Å². The minimum Gasteiger partial charge on any atom is -0.403 e. The highest BCUT2D eigenvalue weighted by Crippen LogP contribution is 2.33. The van der Waals surface area contributed by atoms with Crippen molar-refractivity contribution in [2.75, 3.05) is 18.4 Å². The Labute approximate surface area is 153 Å². The van der Waals surface area contributed by atoms with E-state index in [2.05, 4.69) is 10.1 Å². The van der Waals surface area contributed by atoms with Crippen LogP contribution >= 0.6 is 0 Å². The van der Waals surface area contributed by atoms with Gasteiger partial charge in [-0.1, -0.05) is 0 Å². The van der Waals surface area contributed by atoms with Crippen LogP contribution in [-0.2, 0) is 9.59 Å². The van der Waals surface area contributed by atoms with E-state index in [1.165, 1.54) is 0 Å². The highest BCUT2D eigenvalue weighted by molar-refractivity contribution is 5.91. The van der Waals surface area contributed by atoms with Gasteiger partial charge in [-0.15, -0.1) is 13.2 Å². The van der Waals surface area contributed by atoms with Crippen molar-refractivity contribution in [2.45, 2.75) is 38.5 Å². The van der Waals surface area contributed by atoms with Crippen molar-refractivity contribution in [1.29, 1.82) is 0 Å². The summed E-state index contributed by atoms with van der Waals surface area (Å²) in [5.74, 6) is -2.00. The molecule has 1 aliphatic heterocycles. The second-order valence-corrected chi connectivity index (χ2v) is 6.99. The third kappa shape index (κ3) is 5.58. The molecule has 0 spiro atoms. The molecule has 3 rings (SSSR count). The minimum atomic E-state index is -4.98. The predicted molar refractivity (Wildman–Crippen MR) is 88.4 cm³/mol. The maximum atomic E-state index is 13.7. The van der Waals surface area contributed by atoms with E-state index in [-0.39, 0.29) is 35.8 Å². The Morgan fingerprint density at radius 2 is 1.81 bits per heavy atom. The third-order valence-corrected chi connectivity index (χ3v) is 4.77. The fraction of sp³-hybridized carbons (Fsp3) is 0.556. The van der Waals surface area contributed by atoms with Gasteiger partial charge in [0.05, 0.1) is 0 Å². The number of benzene rings is 1. The van der Waals surface area contributed by atoms with E-state index in [4.69, 9.17) is 0 Å². The van der Waals surface area contributed by atoms with Crippen LogP contribution < -0.4 is 10.1 Å². The quantitative estimate of drug-likeness (QED) is 0.783. The number of nitrogens with zero attached hydrogens (tertiary/aromatic N) is 1. The van der Waals surface area contributed by atoms with Crippen molar-refractivity contribution in [3.8, 4) is 5.75 Å². The van der Waals surface area contributed by atoms with Crippen LogP contribution in [0.5, 0.6) is 5.75 Å². The summed E-state index contributed by atoms with van der Waals surface area (Å²) in [6, 6.07) is 2.76. The van der Waals surface area contributed by atoms with Crippen molar-refractivity contribution in [2.24, 2.45) is 11.8 Å². The van der Waals surface area contributed by atoms with Crippen molar-refractivity contribution < 1.29 is 31.9 Å². The maximum Gasteiger partial charge on any atom is 0.573 e. The SMILES string of the molecule is O=C(CC1CCN(C(=O)C2CC2)CC1)Nc1ccc(OC(F)(F)F)c(F)c1. The van der Waals surface area contributed by atoms with E-state index in [9.17, 15) is 27.2 Å². The van der Waals surface area contributed by atoms with E-state index in [0.717, 1.165) is 43.9 Å².